The van der Waals surface area contributed by atoms with Crippen LogP contribution in [-0.4, -0.2) is 31.1 Å². The molecule has 2 fully saturated rings. The third-order valence-corrected chi connectivity index (χ3v) is 8.99. The summed E-state index contributed by atoms with van der Waals surface area (Å²) in [6, 6.07) is 12.1. The Kier molecular flexibility index (Phi) is 4.95. The van der Waals surface area contributed by atoms with Crippen LogP contribution in [0.15, 0.2) is 47.4 Å². The van der Waals surface area contributed by atoms with Crippen LogP contribution in [0, 0.1) is 5.41 Å². The molecule has 2 aromatic rings. The predicted molar refractivity (Wildman–Crippen MR) is 117 cm³/mol. The van der Waals surface area contributed by atoms with Crippen molar-refractivity contribution in [3.63, 3.8) is 0 Å². The van der Waals surface area contributed by atoms with E-state index in [2.05, 4.69) is 0 Å². The van der Waals surface area contributed by atoms with E-state index < -0.39 is 15.4 Å². The number of sulfonamides is 1. The van der Waals surface area contributed by atoms with Gasteiger partial charge in [-0.15, -0.1) is 0 Å². The van der Waals surface area contributed by atoms with Gasteiger partial charge in [0, 0.05) is 19.5 Å². The molecule has 1 saturated carbocycles. The first-order chi connectivity index (χ1) is 14.8. The fraction of sp³-hybridized carbons (Fsp3) is 0.391. The molecule has 1 saturated heterocycles. The van der Waals surface area contributed by atoms with E-state index in [0.717, 1.165) is 28.9 Å². The van der Waals surface area contributed by atoms with E-state index in [1.54, 1.807) is 0 Å². The minimum absolute atomic E-state index is 0.0651. The van der Waals surface area contributed by atoms with Crippen LogP contribution in [0.4, 0.5) is 5.69 Å². The quantitative estimate of drug-likeness (QED) is 0.653. The first-order valence-electron chi connectivity index (χ1n) is 10.6. The van der Waals surface area contributed by atoms with Crippen LogP contribution in [0.5, 0.6) is 0 Å². The van der Waals surface area contributed by atoms with Gasteiger partial charge in [0.15, 0.2) is 0 Å². The molecule has 3 aliphatic rings. The van der Waals surface area contributed by atoms with Crippen LogP contribution in [0.25, 0.3) is 0 Å². The van der Waals surface area contributed by atoms with E-state index in [1.165, 1.54) is 22.5 Å². The molecule has 0 aromatic heterocycles. The minimum Gasteiger partial charge on any atom is -0.274 e. The van der Waals surface area contributed by atoms with Crippen molar-refractivity contribution in [3.8, 4) is 0 Å². The van der Waals surface area contributed by atoms with Gasteiger partial charge in [-0.1, -0.05) is 48.7 Å². The van der Waals surface area contributed by atoms with E-state index in [1.807, 2.05) is 24.3 Å². The summed E-state index contributed by atoms with van der Waals surface area (Å²) in [6.07, 6.45) is 4.17. The zero-order valence-corrected chi connectivity index (χ0v) is 18.6. The molecule has 1 spiro atoms. The van der Waals surface area contributed by atoms with Gasteiger partial charge in [0.05, 0.1) is 21.0 Å². The van der Waals surface area contributed by atoms with Gasteiger partial charge in [-0.2, -0.15) is 4.31 Å². The molecule has 1 aliphatic carbocycles. The zero-order valence-electron chi connectivity index (χ0n) is 17.0. The van der Waals surface area contributed by atoms with Crippen molar-refractivity contribution in [1.29, 1.82) is 0 Å². The van der Waals surface area contributed by atoms with Crippen LogP contribution in [0.2, 0.25) is 5.02 Å². The fourth-order valence-electron chi connectivity index (χ4n) is 5.13. The molecule has 31 heavy (non-hydrogen) atoms. The maximum atomic E-state index is 13.2. The lowest BCUT2D eigenvalue weighted by molar-refractivity contribution is -0.125. The lowest BCUT2D eigenvalue weighted by atomic mass is 9.84. The molecule has 8 heteroatoms. The van der Waals surface area contributed by atoms with Crippen LogP contribution in [0.3, 0.4) is 0 Å². The van der Waals surface area contributed by atoms with E-state index in [9.17, 15) is 18.0 Å². The highest BCUT2D eigenvalue weighted by atomic mass is 35.5. The molecule has 2 aromatic carbocycles. The lowest BCUT2D eigenvalue weighted by Crippen LogP contribution is -2.36. The molecule has 0 atom stereocenters. The zero-order chi connectivity index (χ0) is 21.8. The largest absolute Gasteiger partial charge is 0.274 e. The topological polar surface area (TPSA) is 74.8 Å². The lowest BCUT2D eigenvalue weighted by Gasteiger charge is -2.28. The summed E-state index contributed by atoms with van der Waals surface area (Å²) >= 11 is 6.43. The summed E-state index contributed by atoms with van der Waals surface area (Å²) in [6.45, 7) is 0.702. The average Bonchev–Trinajstić information content (AvgIpc) is 3.32. The molecular weight excluding hydrogens is 436 g/mol. The number of amides is 2. The average molecular weight is 459 g/mol. The summed E-state index contributed by atoms with van der Waals surface area (Å²) in [7, 11) is -3.76. The molecule has 6 nitrogen and oxygen atoms in total. The normalized spacial score (nSPS) is 21.1. The predicted octanol–water partition coefficient (Wildman–Crippen LogP) is 3.91. The Hall–Kier alpha value is -2.22. The second-order valence-electron chi connectivity index (χ2n) is 8.67. The highest BCUT2D eigenvalue weighted by Crippen LogP contribution is 2.49. The van der Waals surface area contributed by atoms with Crippen molar-refractivity contribution in [2.24, 2.45) is 5.41 Å². The number of fused-ring (bicyclic) bond motifs is 1. The van der Waals surface area contributed by atoms with Gasteiger partial charge in [-0.3, -0.25) is 9.59 Å². The number of benzene rings is 2. The smallest absolute Gasteiger partial charge is 0.243 e. The van der Waals surface area contributed by atoms with Gasteiger partial charge in [0.2, 0.25) is 21.8 Å². The van der Waals surface area contributed by atoms with E-state index in [4.69, 9.17) is 11.6 Å². The Balaban J connectivity index is 1.43. The second kappa shape index (κ2) is 7.43. The third kappa shape index (κ3) is 3.30. The van der Waals surface area contributed by atoms with Crippen molar-refractivity contribution >= 4 is 39.1 Å². The van der Waals surface area contributed by atoms with Crippen molar-refractivity contribution in [3.05, 3.63) is 58.6 Å². The Labute approximate surface area is 186 Å². The summed E-state index contributed by atoms with van der Waals surface area (Å²) in [4.78, 5) is 26.9. The number of nitrogens with zero attached hydrogens (tertiary/aromatic N) is 2. The van der Waals surface area contributed by atoms with Crippen LogP contribution >= 0.6 is 11.6 Å². The number of carbonyl (C=O) groups is 2. The molecule has 2 amide bonds. The highest BCUT2D eigenvalue weighted by Gasteiger charge is 2.53. The Bertz CT molecular complexity index is 1190. The minimum atomic E-state index is -3.76. The van der Waals surface area contributed by atoms with Gasteiger partial charge in [0.1, 0.15) is 0 Å². The Morgan fingerprint density at radius 1 is 0.968 bits per heavy atom. The number of anilines is 1. The van der Waals surface area contributed by atoms with Crippen LogP contribution in [0.1, 0.15) is 43.2 Å². The van der Waals surface area contributed by atoms with E-state index in [-0.39, 0.29) is 33.8 Å². The summed E-state index contributed by atoms with van der Waals surface area (Å²) in [5.74, 6) is -0.475. The van der Waals surface area contributed by atoms with Gasteiger partial charge < -0.3 is 0 Å². The number of rotatable bonds is 3. The number of imide groups is 1. The number of hydrogen-bond donors (Lipinski definition) is 0. The maximum absolute atomic E-state index is 13.2. The van der Waals surface area contributed by atoms with Gasteiger partial charge in [-0.05, 0) is 48.6 Å². The second-order valence-corrected chi connectivity index (χ2v) is 11.0. The first kappa shape index (κ1) is 20.7. The van der Waals surface area contributed by atoms with Gasteiger partial charge in [0.25, 0.3) is 0 Å². The maximum Gasteiger partial charge on any atom is 0.243 e. The molecule has 0 N–H and O–H groups in total. The molecule has 2 aliphatic heterocycles. The third-order valence-electron chi connectivity index (χ3n) is 6.85. The number of carbonyl (C=O) groups excluding carboxylic acids is 2. The van der Waals surface area contributed by atoms with Crippen LogP contribution < -0.4 is 4.90 Å². The first-order valence-corrected chi connectivity index (χ1v) is 12.4. The van der Waals surface area contributed by atoms with Crippen molar-refractivity contribution in [1.82, 2.24) is 4.31 Å². The van der Waals surface area contributed by atoms with Crippen molar-refractivity contribution in [2.75, 3.05) is 11.4 Å². The number of halogens is 1. The Morgan fingerprint density at radius 2 is 1.68 bits per heavy atom. The fourth-order valence-corrected chi connectivity index (χ4v) is 6.91. The molecule has 2 heterocycles. The van der Waals surface area contributed by atoms with Crippen molar-refractivity contribution in [2.45, 2.75) is 50.0 Å². The molecule has 162 valence electrons. The molecule has 0 radical (unpaired) electrons. The molecular formula is C23H23ClN2O4S. The van der Waals surface area contributed by atoms with Crippen molar-refractivity contribution < 1.29 is 18.0 Å². The van der Waals surface area contributed by atoms with E-state index >= 15 is 0 Å². The van der Waals surface area contributed by atoms with Gasteiger partial charge in [-0.25, -0.2) is 13.3 Å². The Morgan fingerprint density at radius 3 is 2.39 bits per heavy atom. The summed E-state index contributed by atoms with van der Waals surface area (Å²) in [5, 5.41) is 0.0928. The standard InChI is InChI=1S/C23H23ClN2O4S/c24-19-13-18(31(29,30)25-12-9-16-5-1-2-6-17(16)15-25)7-8-20(19)26-21(27)14-23(22(26)28)10-3-4-11-23/h1-2,5-8,13H,3-4,9-12,14-15H2. The molecule has 5 rings (SSSR count). The monoisotopic (exact) mass is 458 g/mol. The highest BCUT2D eigenvalue weighted by molar-refractivity contribution is 7.89. The molecule has 0 bridgehead atoms. The number of hydrogen-bond acceptors (Lipinski definition) is 4. The SMILES string of the molecule is O=C1CC2(CCCC2)C(=O)N1c1ccc(S(=O)(=O)N2CCc3ccccc3C2)cc1Cl. The summed E-state index contributed by atoms with van der Waals surface area (Å²) in [5.41, 5.74) is 1.82. The molecule has 0 unspecified atom stereocenters. The van der Waals surface area contributed by atoms with Crippen LogP contribution in [-0.2, 0) is 32.6 Å². The summed E-state index contributed by atoms with van der Waals surface area (Å²) < 4.78 is 27.9. The van der Waals surface area contributed by atoms with E-state index in [0.29, 0.717) is 32.4 Å². The van der Waals surface area contributed by atoms with Gasteiger partial charge >= 0.3 is 0 Å².